The van der Waals surface area contributed by atoms with Crippen LogP contribution in [0.1, 0.15) is 34.1 Å². The second kappa shape index (κ2) is 6.96. The predicted molar refractivity (Wildman–Crippen MR) is 96.6 cm³/mol. The van der Waals surface area contributed by atoms with Crippen LogP contribution in [-0.4, -0.2) is 50.7 Å². The van der Waals surface area contributed by atoms with E-state index >= 15 is 0 Å². The maximum absolute atomic E-state index is 11.5. The minimum Gasteiger partial charge on any atom is -0.271 e. The van der Waals surface area contributed by atoms with Crippen molar-refractivity contribution in [2.75, 3.05) is 0 Å². The number of halogens is 4. The molecule has 0 aromatic heterocycles. The number of urea groups is 2. The molecule has 23 heavy (non-hydrogen) atoms. The number of hydrogen-bond donors (Lipinski definition) is 0. The van der Waals surface area contributed by atoms with Crippen LogP contribution in [0.5, 0.6) is 0 Å². The minimum absolute atomic E-state index is 0.244. The van der Waals surface area contributed by atoms with Gasteiger partial charge in [0.15, 0.2) is 0 Å². The SMILES string of the molecule is CC1(C)C(=O)N(Br)C(=O)N1Br.CCC1(C)C(=O)N(Br)C(=O)N1Br. The third-order valence-electron chi connectivity index (χ3n) is 3.63. The second-order valence-corrected chi connectivity index (χ2v) is 8.32. The molecule has 130 valence electrons. The fourth-order valence-corrected chi connectivity index (χ4v) is 4.12. The van der Waals surface area contributed by atoms with Crippen LogP contribution in [0.25, 0.3) is 0 Å². The van der Waals surface area contributed by atoms with Crippen molar-refractivity contribution in [3.8, 4) is 0 Å². The lowest BCUT2D eigenvalue weighted by Crippen LogP contribution is -2.40. The molecular weight excluding hydrogens is 572 g/mol. The van der Waals surface area contributed by atoms with Crippen LogP contribution < -0.4 is 0 Å². The van der Waals surface area contributed by atoms with Gasteiger partial charge in [0.1, 0.15) is 11.1 Å². The van der Waals surface area contributed by atoms with Crippen molar-refractivity contribution in [3.05, 3.63) is 0 Å². The molecule has 2 aliphatic heterocycles. The molecule has 0 aliphatic carbocycles. The summed E-state index contributed by atoms with van der Waals surface area (Å²) in [5, 5.41) is 0. The normalized spacial score (nSPS) is 27.0. The highest BCUT2D eigenvalue weighted by atomic mass is 79.9. The Balaban J connectivity index is 0.000000231. The van der Waals surface area contributed by atoms with Gasteiger partial charge in [-0.1, -0.05) is 6.92 Å². The fourth-order valence-electron chi connectivity index (χ4n) is 1.69. The maximum Gasteiger partial charge on any atom is 0.348 e. The number of nitrogens with zero attached hydrogens (tertiary/aromatic N) is 4. The Hall–Kier alpha value is -0.200. The van der Waals surface area contributed by atoms with Crippen LogP contribution in [0.15, 0.2) is 0 Å². The summed E-state index contributed by atoms with van der Waals surface area (Å²) in [5.74, 6) is -0.522. The van der Waals surface area contributed by atoms with Crippen LogP contribution >= 0.6 is 64.6 Å². The quantitative estimate of drug-likeness (QED) is 0.347. The topological polar surface area (TPSA) is 81.2 Å². The summed E-state index contributed by atoms with van der Waals surface area (Å²) in [5.41, 5.74) is -1.57. The van der Waals surface area contributed by atoms with Gasteiger partial charge in [-0.15, -0.1) is 0 Å². The Morgan fingerprint density at radius 2 is 1.17 bits per heavy atom. The molecule has 0 radical (unpaired) electrons. The van der Waals surface area contributed by atoms with E-state index in [9.17, 15) is 19.2 Å². The molecule has 2 rings (SSSR count). The molecule has 12 heteroatoms. The Kier molecular flexibility index (Phi) is 6.31. The smallest absolute Gasteiger partial charge is 0.271 e. The number of rotatable bonds is 1. The van der Waals surface area contributed by atoms with Crippen LogP contribution in [-0.2, 0) is 9.59 Å². The Morgan fingerprint density at radius 1 is 0.783 bits per heavy atom. The molecule has 2 fully saturated rings. The summed E-state index contributed by atoms with van der Waals surface area (Å²) in [6, 6.07) is -0.788. The molecule has 1 unspecified atom stereocenters. The minimum atomic E-state index is -0.805. The number of imide groups is 2. The summed E-state index contributed by atoms with van der Waals surface area (Å²) in [6.45, 7) is 6.88. The van der Waals surface area contributed by atoms with E-state index in [-0.39, 0.29) is 17.8 Å². The van der Waals surface area contributed by atoms with Gasteiger partial charge in [0.2, 0.25) is 0 Å². The average molecular weight is 586 g/mol. The standard InChI is InChI=1S/C6H8Br2N2O2.C5H6Br2N2O2/c1-3-6(2)4(11)9(7)5(12)10(6)8;1-5(2)3(10)8(6)4(11)9(5)7/h3H2,1-2H3;1-2H3. The predicted octanol–water partition coefficient (Wildman–Crippen LogP) is 3.69. The van der Waals surface area contributed by atoms with Gasteiger partial charge >= 0.3 is 12.1 Å². The third kappa shape index (κ3) is 3.31. The zero-order chi connectivity index (χ0) is 18.3. The molecule has 0 spiro atoms. The van der Waals surface area contributed by atoms with Crippen molar-refractivity contribution in [2.45, 2.75) is 45.2 Å². The fraction of sp³-hybridized carbons (Fsp3) is 0.636. The summed E-state index contributed by atoms with van der Waals surface area (Å²) in [6.07, 6.45) is 0.574. The van der Waals surface area contributed by atoms with Crippen molar-refractivity contribution in [1.82, 2.24) is 15.7 Å². The van der Waals surface area contributed by atoms with Crippen LogP contribution in [0, 0.1) is 0 Å². The van der Waals surface area contributed by atoms with E-state index in [0.717, 1.165) is 7.85 Å². The zero-order valence-electron chi connectivity index (χ0n) is 12.6. The Morgan fingerprint density at radius 3 is 1.30 bits per heavy atom. The van der Waals surface area contributed by atoms with Crippen LogP contribution in [0.2, 0.25) is 0 Å². The van der Waals surface area contributed by atoms with Gasteiger partial charge in [-0.2, -0.15) is 7.85 Å². The van der Waals surface area contributed by atoms with Crippen LogP contribution in [0.4, 0.5) is 9.59 Å². The largest absolute Gasteiger partial charge is 0.348 e. The summed E-state index contributed by atoms with van der Waals surface area (Å²) in [7, 11) is 0. The molecule has 2 aliphatic rings. The molecule has 8 nitrogen and oxygen atoms in total. The third-order valence-corrected chi connectivity index (χ3v) is 7.15. The first-order valence-corrected chi connectivity index (χ1v) is 9.18. The highest BCUT2D eigenvalue weighted by Crippen LogP contribution is 2.35. The van der Waals surface area contributed by atoms with Crippen molar-refractivity contribution >= 4 is 88.5 Å². The molecule has 0 aromatic carbocycles. The van der Waals surface area contributed by atoms with Gasteiger partial charge in [0.05, 0.1) is 64.6 Å². The zero-order valence-corrected chi connectivity index (χ0v) is 19.0. The van der Waals surface area contributed by atoms with E-state index in [0.29, 0.717) is 6.42 Å². The van der Waals surface area contributed by atoms with Gasteiger partial charge in [-0.3, -0.25) is 9.59 Å². The highest BCUT2D eigenvalue weighted by molar-refractivity contribution is 9.09. The first-order valence-electron chi connectivity index (χ1n) is 6.34. The van der Waals surface area contributed by atoms with Gasteiger partial charge in [0, 0.05) is 0 Å². The van der Waals surface area contributed by atoms with Crippen molar-refractivity contribution in [1.29, 1.82) is 0 Å². The molecule has 0 N–H and O–H groups in total. The highest BCUT2D eigenvalue weighted by Gasteiger charge is 2.52. The lowest BCUT2D eigenvalue weighted by atomic mass is 10.0. The van der Waals surface area contributed by atoms with Crippen molar-refractivity contribution in [2.24, 2.45) is 0 Å². The van der Waals surface area contributed by atoms with E-state index in [1.807, 2.05) is 6.92 Å². The molecule has 1 atom stereocenters. The molecule has 0 aromatic rings. The number of amides is 6. The van der Waals surface area contributed by atoms with Crippen molar-refractivity contribution < 1.29 is 19.2 Å². The summed E-state index contributed by atoms with van der Waals surface area (Å²) < 4.78 is 4.31. The van der Waals surface area contributed by atoms with E-state index in [4.69, 9.17) is 0 Å². The van der Waals surface area contributed by atoms with Gasteiger partial charge in [-0.25, -0.2) is 17.4 Å². The second-order valence-electron chi connectivity index (χ2n) is 5.49. The lowest BCUT2D eigenvalue weighted by molar-refractivity contribution is -0.128. The average Bonchev–Trinajstić information content (AvgIpc) is 2.75. The maximum atomic E-state index is 11.5. The first-order chi connectivity index (χ1) is 10.3. The molecule has 6 amide bonds. The monoisotopic (exact) mass is 582 g/mol. The molecular formula is C11H14Br4N4O4. The Labute approximate surface area is 167 Å². The Bertz CT molecular complexity index is 572. The van der Waals surface area contributed by atoms with Gasteiger partial charge in [-0.05, 0) is 27.2 Å². The van der Waals surface area contributed by atoms with Crippen LogP contribution in [0.3, 0.4) is 0 Å². The van der Waals surface area contributed by atoms with E-state index in [2.05, 4.69) is 64.6 Å². The summed E-state index contributed by atoms with van der Waals surface area (Å²) in [4.78, 5) is 45.0. The molecule has 0 bridgehead atoms. The van der Waals surface area contributed by atoms with E-state index in [1.54, 1.807) is 20.8 Å². The first kappa shape index (κ1) is 20.8. The molecule has 2 saturated heterocycles. The van der Waals surface area contributed by atoms with Crippen molar-refractivity contribution in [3.63, 3.8) is 0 Å². The van der Waals surface area contributed by atoms with Gasteiger partial charge in [0.25, 0.3) is 11.8 Å². The lowest BCUT2D eigenvalue weighted by Gasteiger charge is -2.23. The van der Waals surface area contributed by atoms with E-state index in [1.165, 1.54) is 7.85 Å². The number of hydrogen-bond acceptors (Lipinski definition) is 4. The number of carbonyl (C=O) groups is 4. The molecule has 0 saturated carbocycles. The molecule has 2 heterocycles. The van der Waals surface area contributed by atoms with Gasteiger partial charge < -0.3 is 0 Å². The van der Waals surface area contributed by atoms with E-state index < -0.39 is 17.1 Å². The number of carbonyl (C=O) groups excluding carboxylic acids is 4. The summed E-state index contributed by atoms with van der Waals surface area (Å²) >= 11 is 11.8.